The van der Waals surface area contributed by atoms with Crippen LogP contribution in [0.2, 0.25) is 0 Å². The molecule has 0 heterocycles. The van der Waals surface area contributed by atoms with Crippen LogP contribution >= 0.6 is 0 Å². The van der Waals surface area contributed by atoms with Crippen molar-refractivity contribution in [2.24, 2.45) is 17.8 Å². The molecule has 0 spiro atoms. The van der Waals surface area contributed by atoms with E-state index in [1.165, 1.54) is 32.6 Å². The summed E-state index contributed by atoms with van der Waals surface area (Å²) in [5.41, 5.74) is 0. The number of fused-ring (bicyclic) bond motifs is 1. The summed E-state index contributed by atoms with van der Waals surface area (Å²) in [6.07, 6.45) is 8.20. The first kappa shape index (κ1) is 13.4. The number of carboxylic acid groups (broad SMARTS) is 1. The molecular weight excluding hydrogens is 230 g/mol. The van der Waals surface area contributed by atoms with Gasteiger partial charge in [-0.15, -0.1) is 0 Å². The highest BCUT2D eigenvalue weighted by atomic mass is 16.4. The second-order valence-corrected chi connectivity index (χ2v) is 5.81. The lowest BCUT2D eigenvalue weighted by Crippen LogP contribution is -2.46. The number of hydrogen-bond acceptors (Lipinski definition) is 2. The summed E-state index contributed by atoms with van der Waals surface area (Å²) in [5, 5.41) is 11.5. The molecule has 0 bridgehead atoms. The van der Waals surface area contributed by atoms with E-state index in [4.69, 9.17) is 5.11 Å². The number of carbonyl (C=O) groups is 2. The lowest BCUT2D eigenvalue weighted by Gasteiger charge is -2.40. The molecule has 4 heteroatoms. The molecule has 2 fully saturated rings. The van der Waals surface area contributed by atoms with Gasteiger partial charge < -0.3 is 10.4 Å². The van der Waals surface area contributed by atoms with Crippen molar-refractivity contribution >= 4 is 11.9 Å². The summed E-state index contributed by atoms with van der Waals surface area (Å²) in [6.45, 7) is 1.53. The van der Waals surface area contributed by atoms with E-state index in [9.17, 15) is 9.59 Å². The van der Waals surface area contributed by atoms with Crippen molar-refractivity contribution in [3.63, 3.8) is 0 Å². The van der Waals surface area contributed by atoms with Crippen LogP contribution in [0.1, 0.15) is 51.9 Å². The fraction of sp³-hybridized carbons (Fsp3) is 0.857. The number of hydrogen-bond donors (Lipinski definition) is 2. The zero-order valence-corrected chi connectivity index (χ0v) is 11.0. The molecule has 4 nitrogen and oxygen atoms in total. The van der Waals surface area contributed by atoms with Crippen molar-refractivity contribution in [2.45, 2.75) is 57.9 Å². The minimum absolute atomic E-state index is 0.0403. The quantitative estimate of drug-likeness (QED) is 0.810. The van der Waals surface area contributed by atoms with Gasteiger partial charge >= 0.3 is 5.97 Å². The van der Waals surface area contributed by atoms with E-state index in [-0.39, 0.29) is 11.8 Å². The lowest BCUT2D eigenvalue weighted by molar-refractivity contribution is -0.143. The molecule has 2 N–H and O–H groups in total. The normalized spacial score (nSPS) is 33.3. The summed E-state index contributed by atoms with van der Waals surface area (Å²) >= 11 is 0. The van der Waals surface area contributed by atoms with Crippen LogP contribution in [0.4, 0.5) is 0 Å². The van der Waals surface area contributed by atoms with E-state index >= 15 is 0 Å². The summed E-state index contributed by atoms with van der Waals surface area (Å²) < 4.78 is 0. The minimum atomic E-state index is -0.959. The van der Waals surface area contributed by atoms with Gasteiger partial charge in [-0.2, -0.15) is 0 Å². The number of aliphatic carboxylic acids is 1. The van der Waals surface area contributed by atoms with Crippen LogP contribution < -0.4 is 5.32 Å². The van der Waals surface area contributed by atoms with Crippen molar-refractivity contribution in [3.05, 3.63) is 0 Å². The van der Waals surface area contributed by atoms with Crippen molar-refractivity contribution in [3.8, 4) is 0 Å². The first-order valence-corrected chi connectivity index (χ1v) is 7.12. The molecule has 102 valence electrons. The van der Waals surface area contributed by atoms with Crippen LogP contribution in [0.15, 0.2) is 0 Å². The van der Waals surface area contributed by atoms with Crippen LogP contribution in [0.25, 0.3) is 0 Å². The third-order valence-electron chi connectivity index (χ3n) is 4.64. The molecule has 0 aliphatic heterocycles. The predicted molar refractivity (Wildman–Crippen MR) is 68.0 cm³/mol. The zero-order valence-electron chi connectivity index (χ0n) is 11.0. The van der Waals surface area contributed by atoms with E-state index < -0.39 is 12.0 Å². The van der Waals surface area contributed by atoms with Gasteiger partial charge in [0.15, 0.2) is 0 Å². The smallest absolute Gasteiger partial charge is 0.325 e. The molecule has 18 heavy (non-hydrogen) atoms. The first-order valence-electron chi connectivity index (χ1n) is 7.12. The van der Waals surface area contributed by atoms with Crippen molar-refractivity contribution in [2.75, 3.05) is 0 Å². The Morgan fingerprint density at radius 1 is 1.11 bits per heavy atom. The number of amides is 1. The first-order chi connectivity index (χ1) is 8.59. The molecule has 0 aromatic heterocycles. The molecule has 3 unspecified atom stereocenters. The second-order valence-electron chi connectivity index (χ2n) is 5.81. The van der Waals surface area contributed by atoms with E-state index in [2.05, 4.69) is 5.32 Å². The SMILES string of the molecule is C[C@@H](NC(=O)C1CCCC2CCCCC21)C(=O)O. The topological polar surface area (TPSA) is 66.4 Å². The number of carboxylic acids is 1. The Hall–Kier alpha value is -1.06. The molecule has 0 radical (unpaired) electrons. The fourth-order valence-electron chi connectivity index (χ4n) is 3.65. The Kier molecular flexibility index (Phi) is 4.25. The van der Waals surface area contributed by atoms with Gasteiger partial charge in [-0.05, 0) is 31.6 Å². The molecule has 2 aliphatic rings. The molecule has 2 saturated carbocycles. The highest BCUT2D eigenvalue weighted by Gasteiger charge is 2.38. The van der Waals surface area contributed by atoms with Gasteiger partial charge in [-0.25, -0.2) is 0 Å². The minimum Gasteiger partial charge on any atom is -0.480 e. The molecule has 0 aromatic rings. The molecule has 0 saturated heterocycles. The predicted octanol–water partition coefficient (Wildman–Crippen LogP) is 2.18. The molecule has 2 rings (SSSR count). The second kappa shape index (κ2) is 5.72. The van der Waals surface area contributed by atoms with Crippen LogP contribution in [0, 0.1) is 17.8 Å². The van der Waals surface area contributed by atoms with Gasteiger partial charge in [-0.1, -0.05) is 32.1 Å². The maximum absolute atomic E-state index is 12.2. The fourth-order valence-corrected chi connectivity index (χ4v) is 3.65. The summed E-state index contributed by atoms with van der Waals surface area (Å²) in [4.78, 5) is 23.0. The van der Waals surface area contributed by atoms with Gasteiger partial charge in [0, 0.05) is 5.92 Å². The molecule has 0 aromatic carbocycles. The molecular formula is C14H23NO3. The molecule has 1 amide bonds. The van der Waals surface area contributed by atoms with Crippen molar-refractivity contribution in [1.82, 2.24) is 5.32 Å². The molecule has 4 atom stereocenters. The Bertz CT molecular complexity index is 327. The number of nitrogens with one attached hydrogen (secondary N) is 1. The third kappa shape index (κ3) is 2.85. The standard InChI is InChI=1S/C14H23NO3/c1-9(14(17)18)15-13(16)12-8-4-6-10-5-2-3-7-11(10)12/h9-12H,2-8H2,1H3,(H,15,16)(H,17,18)/t9-,10?,11?,12?/m1/s1. The van der Waals surface area contributed by atoms with Gasteiger partial charge in [-0.3, -0.25) is 9.59 Å². The van der Waals surface area contributed by atoms with Crippen molar-refractivity contribution < 1.29 is 14.7 Å². The Labute approximate surface area is 108 Å². The summed E-state index contributed by atoms with van der Waals surface area (Å²) in [7, 11) is 0. The summed E-state index contributed by atoms with van der Waals surface area (Å²) in [6, 6.07) is -0.776. The van der Waals surface area contributed by atoms with E-state index in [0.29, 0.717) is 11.8 Å². The van der Waals surface area contributed by atoms with E-state index in [1.54, 1.807) is 0 Å². The molecule has 2 aliphatic carbocycles. The van der Waals surface area contributed by atoms with Gasteiger partial charge in [0.2, 0.25) is 5.91 Å². The monoisotopic (exact) mass is 253 g/mol. The van der Waals surface area contributed by atoms with Crippen LogP contribution in [0.3, 0.4) is 0 Å². The maximum atomic E-state index is 12.2. The highest BCUT2D eigenvalue weighted by Crippen LogP contribution is 2.43. The Morgan fingerprint density at radius 3 is 2.50 bits per heavy atom. The van der Waals surface area contributed by atoms with Gasteiger partial charge in [0.05, 0.1) is 0 Å². The Morgan fingerprint density at radius 2 is 1.78 bits per heavy atom. The van der Waals surface area contributed by atoms with E-state index in [1.807, 2.05) is 0 Å². The van der Waals surface area contributed by atoms with E-state index in [0.717, 1.165) is 19.3 Å². The Balaban J connectivity index is 1.97. The maximum Gasteiger partial charge on any atom is 0.325 e. The van der Waals surface area contributed by atoms with Crippen molar-refractivity contribution in [1.29, 1.82) is 0 Å². The number of rotatable bonds is 3. The largest absolute Gasteiger partial charge is 0.480 e. The average molecular weight is 253 g/mol. The summed E-state index contributed by atoms with van der Waals surface area (Å²) in [5.74, 6) is 0.239. The lowest BCUT2D eigenvalue weighted by atomic mass is 9.65. The average Bonchev–Trinajstić information content (AvgIpc) is 2.37. The van der Waals surface area contributed by atoms with Gasteiger partial charge in [0.1, 0.15) is 6.04 Å². The van der Waals surface area contributed by atoms with Crippen LogP contribution in [-0.4, -0.2) is 23.0 Å². The van der Waals surface area contributed by atoms with Gasteiger partial charge in [0.25, 0.3) is 0 Å². The number of carbonyl (C=O) groups excluding carboxylic acids is 1. The van der Waals surface area contributed by atoms with Crippen LogP contribution in [-0.2, 0) is 9.59 Å². The highest BCUT2D eigenvalue weighted by molar-refractivity contribution is 5.84. The van der Waals surface area contributed by atoms with Crippen LogP contribution in [0.5, 0.6) is 0 Å². The zero-order chi connectivity index (χ0) is 13.1. The third-order valence-corrected chi connectivity index (χ3v) is 4.64.